The second kappa shape index (κ2) is 7.06. The molecule has 1 aliphatic carbocycles. The SMILES string of the molecule is CC(CC1CCC1)NCC(c1ccccc1)N(C)C. The van der Waals surface area contributed by atoms with Gasteiger partial charge in [0, 0.05) is 18.6 Å². The zero-order valence-corrected chi connectivity index (χ0v) is 12.6. The number of benzene rings is 1. The highest BCUT2D eigenvalue weighted by atomic mass is 15.1. The summed E-state index contributed by atoms with van der Waals surface area (Å²) in [7, 11) is 4.33. The summed E-state index contributed by atoms with van der Waals surface area (Å²) in [5.41, 5.74) is 1.40. The monoisotopic (exact) mass is 260 g/mol. The molecule has 1 fully saturated rings. The number of hydrogen-bond donors (Lipinski definition) is 1. The van der Waals surface area contributed by atoms with Crippen LogP contribution in [0, 0.1) is 5.92 Å². The minimum absolute atomic E-state index is 0.463. The van der Waals surface area contributed by atoms with Crippen LogP contribution in [0.5, 0.6) is 0 Å². The second-order valence-electron chi connectivity index (χ2n) is 6.23. The lowest BCUT2D eigenvalue weighted by atomic mass is 9.81. The maximum Gasteiger partial charge on any atom is 0.0466 e. The van der Waals surface area contributed by atoms with Gasteiger partial charge in [0.25, 0.3) is 0 Å². The van der Waals surface area contributed by atoms with E-state index in [-0.39, 0.29) is 0 Å². The van der Waals surface area contributed by atoms with Crippen molar-refractivity contribution in [3.05, 3.63) is 35.9 Å². The Balaban J connectivity index is 1.83. The molecular weight excluding hydrogens is 232 g/mol. The first-order valence-corrected chi connectivity index (χ1v) is 7.61. The summed E-state index contributed by atoms with van der Waals surface area (Å²) >= 11 is 0. The molecule has 1 aromatic carbocycles. The van der Waals surface area contributed by atoms with Crippen molar-refractivity contribution in [1.82, 2.24) is 10.2 Å². The molecule has 1 saturated carbocycles. The van der Waals surface area contributed by atoms with Crippen molar-refractivity contribution in [2.45, 2.75) is 44.7 Å². The topological polar surface area (TPSA) is 15.3 Å². The predicted molar refractivity (Wildman–Crippen MR) is 82.3 cm³/mol. The largest absolute Gasteiger partial charge is 0.312 e. The molecule has 1 aromatic rings. The Bertz CT molecular complexity index is 357. The highest BCUT2D eigenvalue weighted by Crippen LogP contribution is 2.30. The number of nitrogens with zero attached hydrogens (tertiary/aromatic N) is 1. The lowest BCUT2D eigenvalue weighted by Gasteiger charge is -2.31. The van der Waals surface area contributed by atoms with Crippen molar-refractivity contribution >= 4 is 0 Å². The molecule has 0 spiro atoms. The summed E-state index contributed by atoms with van der Waals surface area (Å²) in [6.07, 6.45) is 5.68. The molecule has 0 bridgehead atoms. The average Bonchev–Trinajstić information content (AvgIpc) is 2.35. The molecule has 106 valence electrons. The summed E-state index contributed by atoms with van der Waals surface area (Å²) in [6, 6.07) is 11.9. The van der Waals surface area contributed by atoms with Crippen LogP contribution in [0.15, 0.2) is 30.3 Å². The molecule has 2 unspecified atom stereocenters. The summed E-state index contributed by atoms with van der Waals surface area (Å²) < 4.78 is 0. The van der Waals surface area contributed by atoms with Crippen LogP contribution in [-0.4, -0.2) is 31.6 Å². The number of nitrogens with one attached hydrogen (secondary N) is 1. The molecule has 0 heterocycles. The van der Waals surface area contributed by atoms with Crippen molar-refractivity contribution in [1.29, 1.82) is 0 Å². The van der Waals surface area contributed by atoms with E-state index < -0.39 is 0 Å². The number of likely N-dealkylation sites (N-methyl/N-ethyl adjacent to an activating group) is 1. The van der Waals surface area contributed by atoms with E-state index in [9.17, 15) is 0 Å². The normalized spacial score (nSPS) is 19.2. The molecular formula is C17H28N2. The Kier molecular flexibility index (Phi) is 5.41. The van der Waals surface area contributed by atoms with Gasteiger partial charge in [0.05, 0.1) is 0 Å². The molecule has 19 heavy (non-hydrogen) atoms. The van der Waals surface area contributed by atoms with Crippen LogP contribution in [-0.2, 0) is 0 Å². The molecule has 0 saturated heterocycles. The Labute approximate surface area is 118 Å². The number of hydrogen-bond acceptors (Lipinski definition) is 2. The van der Waals surface area contributed by atoms with E-state index in [4.69, 9.17) is 0 Å². The summed E-state index contributed by atoms with van der Waals surface area (Å²) in [4.78, 5) is 2.30. The molecule has 1 N–H and O–H groups in total. The zero-order chi connectivity index (χ0) is 13.7. The Morgan fingerprint density at radius 1 is 1.21 bits per heavy atom. The van der Waals surface area contributed by atoms with Gasteiger partial charge in [-0.15, -0.1) is 0 Å². The third-order valence-electron chi connectivity index (χ3n) is 4.38. The minimum atomic E-state index is 0.463. The predicted octanol–water partition coefficient (Wildman–Crippen LogP) is 3.46. The van der Waals surface area contributed by atoms with Crippen LogP contribution in [0.3, 0.4) is 0 Å². The van der Waals surface area contributed by atoms with E-state index in [1.54, 1.807) is 0 Å². The number of rotatable bonds is 7. The third kappa shape index (κ3) is 4.32. The van der Waals surface area contributed by atoms with Gasteiger partial charge in [-0.2, -0.15) is 0 Å². The summed E-state index contributed by atoms with van der Waals surface area (Å²) in [5, 5.41) is 3.72. The highest BCUT2D eigenvalue weighted by Gasteiger charge is 2.21. The Hall–Kier alpha value is -0.860. The fourth-order valence-corrected chi connectivity index (χ4v) is 2.90. The maximum atomic E-state index is 3.72. The van der Waals surface area contributed by atoms with E-state index >= 15 is 0 Å². The molecule has 2 heteroatoms. The van der Waals surface area contributed by atoms with E-state index in [2.05, 4.69) is 61.6 Å². The fourth-order valence-electron chi connectivity index (χ4n) is 2.90. The Morgan fingerprint density at radius 2 is 1.89 bits per heavy atom. The first-order chi connectivity index (χ1) is 9.16. The van der Waals surface area contributed by atoms with E-state index in [1.807, 2.05) is 0 Å². The Morgan fingerprint density at radius 3 is 2.42 bits per heavy atom. The first-order valence-electron chi connectivity index (χ1n) is 7.61. The fraction of sp³-hybridized carbons (Fsp3) is 0.647. The van der Waals surface area contributed by atoms with Crippen molar-refractivity contribution < 1.29 is 0 Å². The first kappa shape index (κ1) is 14.5. The van der Waals surface area contributed by atoms with E-state index in [0.717, 1.165) is 12.5 Å². The van der Waals surface area contributed by atoms with Gasteiger partial charge in [0.1, 0.15) is 0 Å². The molecule has 2 rings (SSSR count). The lowest BCUT2D eigenvalue weighted by Crippen LogP contribution is -2.37. The van der Waals surface area contributed by atoms with Crippen molar-refractivity contribution in [3.63, 3.8) is 0 Å². The van der Waals surface area contributed by atoms with Crippen LogP contribution in [0.4, 0.5) is 0 Å². The molecule has 2 atom stereocenters. The van der Waals surface area contributed by atoms with Gasteiger partial charge in [-0.1, -0.05) is 49.6 Å². The highest BCUT2D eigenvalue weighted by molar-refractivity contribution is 5.19. The van der Waals surface area contributed by atoms with Crippen molar-refractivity contribution in [2.24, 2.45) is 5.92 Å². The molecule has 0 aromatic heterocycles. The van der Waals surface area contributed by atoms with Gasteiger partial charge in [0.2, 0.25) is 0 Å². The maximum absolute atomic E-state index is 3.72. The smallest absolute Gasteiger partial charge is 0.0466 e. The molecule has 0 amide bonds. The zero-order valence-electron chi connectivity index (χ0n) is 12.6. The average molecular weight is 260 g/mol. The van der Waals surface area contributed by atoms with Gasteiger partial charge in [-0.3, -0.25) is 0 Å². The van der Waals surface area contributed by atoms with Gasteiger partial charge < -0.3 is 10.2 Å². The minimum Gasteiger partial charge on any atom is -0.312 e. The molecule has 1 aliphatic rings. The van der Waals surface area contributed by atoms with Gasteiger partial charge in [-0.25, -0.2) is 0 Å². The van der Waals surface area contributed by atoms with Crippen LogP contribution in [0.25, 0.3) is 0 Å². The standard InChI is InChI=1S/C17H28N2/c1-14(12-15-8-7-9-15)18-13-17(19(2)3)16-10-5-4-6-11-16/h4-6,10-11,14-15,17-18H,7-9,12-13H2,1-3H3. The van der Waals surface area contributed by atoms with Gasteiger partial charge in [-0.05, 0) is 38.9 Å². The van der Waals surface area contributed by atoms with Crippen LogP contribution >= 0.6 is 0 Å². The van der Waals surface area contributed by atoms with Crippen LogP contribution in [0.2, 0.25) is 0 Å². The molecule has 0 radical (unpaired) electrons. The molecule has 0 aliphatic heterocycles. The van der Waals surface area contributed by atoms with Crippen LogP contribution in [0.1, 0.15) is 44.2 Å². The van der Waals surface area contributed by atoms with Gasteiger partial charge >= 0.3 is 0 Å². The lowest BCUT2D eigenvalue weighted by molar-refractivity contribution is 0.243. The van der Waals surface area contributed by atoms with Crippen molar-refractivity contribution in [2.75, 3.05) is 20.6 Å². The summed E-state index contributed by atoms with van der Waals surface area (Å²) in [5.74, 6) is 0.983. The molecule has 2 nitrogen and oxygen atoms in total. The quantitative estimate of drug-likeness (QED) is 0.807. The summed E-state index contributed by atoms with van der Waals surface area (Å²) in [6.45, 7) is 3.36. The van der Waals surface area contributed by atoms with Crippen molar-refractivity contribution in [3.8, 4) is 0 Å². The second-order valence-corrected chi connectivity index (χ2v) is 6.23. The van der Waals surface area contributed by atoms with Crippen LogP contribution < -0.4 is 5.32 Å². The van der Waals surface area contributed by atoms with E-state index in [1.165, 1.54) is 31.2 Å². The third-order valence-corrected chi connectivity index (χ3v) is 4.38. The van der Waals surface area contributed by atoms with E-state index in [0.29, 0.717) is 12.1 Å². The van der Waals surface area contributed by atoms with Gasteiger partial charge in [0.15, 0.2) is 0 Å².